The first-order chi connectivity index (χ1) is 13.5. The average Bonchev–Trinajstić information content (AvgIpc) is 3.20. The smallest absolute Gasteiger partial charge is 0.266 e. The van der Waals surface area contributed by atoms with Crippen molar-refractivity contribution in [1.29, 1.82) is 0 Å². The predicted molar refractivity (Wildman–Crippen MR) is 115 cm³/mol. The Balaban J connectivity index is 1.48. The molecule has 2 amide bonds. The molecule has 0 bridgehead atoms. The van der Waals surface area contributed by atoms with Crippen LogP contribution in [0, 0.1) is 6.92 Å². The average molecular weight is 414 g/mol. The van der Waals surface area contributed by atoms with Gasteiger partial charge in [-0.05, 0) is 25.0 Å². The summed E-state index contributed by atoms with van der Waals surface area (Å²) in [6.45, 7) is 2.15. The lowest BCUT2D eigenvalue weighted by Crippen LogP contribution is -2.29. The summed E-state index contributed by atoms with van der Waals surface area (Å²) in [6.07, 6.45) is 6.31. The Morgan fingerprint density at radius 2 is 2.14 bits per heavy atom. The number of carbonyl (C=O) groups excluding carboxylic acids is 2. The minimum atomic E-state index is -0.180. The monoisotopic (exact) mass is 413 g/mol. The van der Waals surface area contributed by atoms with E-state index in [2.05, 4.69) is 10.5 Å². The summed E-state index contributed by atoms with van der Waals surface area (Å²) in [7, 11) is 0. The van der Waals surface area contributed by atoms with E-state index in [0.717, 1.165) is 5.56 Å². The van der Waals surface area contributed by atoms with Gasteiger partial charge in [0.1, 0.15) is 10.1 Å². The number of amides is 2. The van der Waals surface area contributed by atoms with Gasteiger partial charge in [0.15, 0.2) is 5.82 Å². The molecule has 1 saturated heterocycles. The number of nitrogens with zero attached hydrogens (tertiary/aromatic N) is 2. The van der Waals surface area contributed by atoms with Crippen LogP contribution in [0.1, 0.15) is 24.2 Å². The molecule has 0 saturated carbocycles. The molecule has 8 heteroatoms. The number of hydrogen-bond acceptors (Lipinski definition) is 6. The van der Waals surface area contributed by atoms with Crippen LogP contribution in [0.5, 0.6) is 0 Å². The molecule has 1 aliphatic heterocycles. The molecule has 1 aromatic heterocycles. The van der Waals surface area contributed by atoms with Crippen LogP contribution in [0.15, 0.2) is 58.0 Å². The normalized spacial score (nSPS) is 15.8. The van der Waals surface area contributed by atoms with Crippen molar-refractivity contribution in [2.45, 2.75) is 19.8 Å². The number of benzene rings is 1. The van der Waals surface area contributed by atoms with E-state index >= 15 is 0 Å². The standard InChI is InChI=1S/C20H19N3O3S2/c1-14-13-17(22-26-14)21-18(24)11-6-12-23-19(25)16(28-20(23)27)10-5-9-15-7-3-2-4-8-15/h2-5,7-10,13H,6,11-12H2,1H3,(H,21,22,24)/b9-5+,16-10-. The molecule has 1 aromatic carbocycles. The topological polar surface area (TPSA) is 75.4 Å². The van der Waals surface area contributed by atoms with Gasteiger partial charge in [0.2, 0.25) is 5.91 Å². The minimum absolute atomic E-state index is 0.125. The van der Waals surface area contributed by atoms with Gasteiger partial charge in [-0.1, -0.05) is 71.6 Å². The molecule has 0 radical (unpaired) electrons. The van der Waals surface area contributed by atoms with Gasteiger partial charge >= 0.3 is 0 Å². The molecule has 0 spiro atoms. The quantitative estimate of drug-likeness (QED) is 0.543. The largest absolute Gasteiger partial charge is 0.360 e. The number of thioether (sulfide) groups is 1. The van der Waals surface area contributed by atoms with E-state index in [4.69, 9.17) is 16.7 Å². The molecule has 3 rings (SSSR count). The summed E-state index contributed by atoms with van der Waals surface area (Å²) in [4.78, 5) is 26.6. The molecular weight excluding hydrogens is 394 g/mol. The number of carbonyl (C=O) groups is 2. The van der Waals surface area contributed by atoms with Gasteiger partial charge in [0, 0.05) is 19.0 Å². The number of allylic oxidation sites excluding steroid dienone is 2. The molecule has 144 valence electrons. The second-order valence-corrected chi connectivity index (χ2v) is 7.78. The van der Waals surface area contributed by atoms with E-state index in [1.54, 1.807) is 19.1 Å². The fourth-order valence-corrected chi connectivity index (χ4v) is 3.81. The maximum absolute atomic E-state index is 12.5. The Hall–Kier alpha value is -2.71. The van der Waals surface area contributed by atoms with Crippen molar-refractivity contribution in [3.63, 3.8) is 0 Å². The number of anilines is 1. The highest BCUT2D eigenvalue weighted by Crippen LogP contribution is 2.31. The summed E-state index contributed by atoms with van der Waals surface area (Å²) in [6, 6.07) is 11.5. The second kappa shape index (κ2) is 9.48. The molecule has 0 atom stereocenters. The minimum Gasteiger partial charge on any atom is -0.360 e. The van der Waals surface area contributed by atoms with Crippen molar-refractivity contribution >= 4 is 52.0 Å². The van der Waals surface area contributed by atoms with E-state index in [-0.39, 0.29) is 18.2 Å². The maximum Gasteiger partial charge on any atom is 0.266 e. The number of aryl methyl sites for hydroxylation is 1. The molecular formula is C20H19N3O3S2. The van der Waals surface area contributed by atoms with Crippen LogP contribution < -0.4 is 5.32 Å². The van der Waals surface area contributed by atoms with Gasteiger partial charge in [-0.2, -0.15) is 0 Å². The summed E-state index contributed by atoms with van der Waals surface area (Å²) in [5.74, 6) is 0.711. The van der Waals surface area contributed by atoms with E-state index in [0.29, 0.717) is 33.8 Å². The summed E-state index contributed by atoms with van der Waals surface area (Å²) in [5, 5.41) is 6.37. The first kappa shape index (κ1) is 20.0. The molecule has 1 N–H and O–H groups in total. The Morgan fingerprint density at radius 3 is 2.86 bits per heavy atom. The van der Waals surface area contributed by atoms with E-state index in [1.807, 2.05) is 42.5 Å². The van der Waals surface area contributed by atoms with Crippen molar-refractivity contribution < 1.29 is 14.1 Å². The lowest BCUT2D eigenvalue weighted by Gasteiger charge is -2.13. The maximum atomic E-state index is 12.5. The van der Waals surface area contributed by atoms with E-state index in [1.165, 1.54) is 16.7 Å². The second-order valence-electron chi connectivity index (χ2n) is 6.10. The number of nitrogens with one attached hydrogen (secondary N) is 1. The molecule has 28 heavy (non-hydrogen) atoms. The van der Waals surface area contributed by atoms with Gasteiger partial charge in [-0.25, -0.2) is 0 Å². The third kappa shape index (κ3) is 5.40. The molecule has 0 aliphatic carbocycles. The number of thiocarbonyl (C=S) groups is 1. The third-order valence-electron chi connectivity index (χ3n) is 3.89. The molecule has 1 fully saturated rings. The van der Waals surface area contributed by atoms with Crippen molar-refractivity contribution in [3.8, 4) is 0 Å². The molecule has 0 unspecified atom stereocenters. The zero-order valence-electron chi connectivity index (χ0n) is 15.3. The third-order valence-corrected chi connectivity index (χ3v) is 5.29. The highest BCUT2D eigenvalue weighted by atomic mass is 32.2. The summed E-state index contributed by atoms with van der Waals surface area (Å²) >= 11 is 6.58. The van der Waals surface area contributed by atoms with Crippen molar-refractivity contribution in [2.75, 3.05) is 11.9 Å². The van der Waals surface area contributed by atoms with Crippen LogP contribution in [0.4, 0.5) is 5.82 Å². The highest BCUT2D eigenvalue weighted by molar-refractivity contribution is 8.26. The number of hydrogen-bond donors (Lipinski definition) is 1. The fourth-order valence-electron chi connectivity index (χ4n) is 2.55. The first-order valence-electron chi connectivity index (χ1n) is 8.73. The summed E-state index contributed by atoms with van der Waals surface area (Å²) in [5.41, 5.74) is 1.06. The summed E-state index contributed by atoms with van der Waals surface area (Å²) < 4.78 is 5.41. The molecule has 2 aromatic rings. The zero-order valence-corrected chi connectivity index (χ0v) is 16.9. The van der Waals surface area contributed by atoms with Crippen LogP contribution in [-0.4, -0.2) is 32.7 Å². The van der Waals surface area contributed by atoms with E-state index in [9.17, 15) is 9.59 Å². The van der Waals surface area contributed by atoms with Crippen LogP contribution in [0.25, 0.3) is 6.08 Å². The number of aromatic nitrogens is 1. The van der Waals surface area contributed by atoms with E-state index < -0.39 is 0 Å². The van der Waals surface area contributed by atoms with Crippen LogP contribution >= 0.6 is 24.0 Å². The Bertz CT molecular complexity index is 935. The zero-order chi connectivity index (χ0) is 19.9. The highest BCUT2D eigenvalue weighted by Gasteiger charge is 2.31. The number of rotatable bonds is 7. The van der Waals surface area contributed by atoms with Crippen molar-refractivity contribution in [2.24, 2.45) is 0 Å². The van der Waals surface area contributed by atoms with Gasteiger partial charge in [0.05, 0.1) is 4.91 Å². The molecule has 6 nitrogen and oxygen atoms in total. The Morgan fingerprint density at radius 1 is 1.36 bits per heavy atom. The lowest BCUT2D eigenvalue weighted by molar-refractivity contribution is -0.122. The first-order valence-corrected chi connectivity index (χ1v) is 9.95. The van der Waals surface area contributed by atoms with Gasteiger partial charge in [-0.3, -0.25) is 14.5 Å². The Kier molecular flexibility index (Phi) is 6.78. The van der Waals surface area contributed by atoms with Gasteiger partial charge in [-0.15, -0.1) is 0 Å². The SMILES string of the molecule is Cc1cc(NC(=O)CCCN2C(=O)/C(=C/C=C/c3ccccc3)SC2=S)no1. The van der Waals surface area contributed by atoms with Crippen LogP contribution in [0.2, 0.25) is 0 Å². The lowest BCUT2D eigenvalue weighted by atomic mass is 10.2. The predicted octanol–water partition coefficient (Wildman–Crippen LogP) is 4.16. The van der Waals surface area contributed by atoms with Gasteiger partial charge < -0.3 is 9.84 Å². The van der Waals surface area contributed by atoms with Gasteiger partial charge in [0.25, 0.3) is 5.91 Å². The Labute approximate surface area is 172 Å². The fraction of sp³-hybridized carbons (Fsp3) is 0.200. The van der Waals surface area contributed by atoms with Crippen LogP contribution in [-0.2, 0) is 9.59 Å². The molecule has 2 heterocycles. The molecule has 1 aliphatic rings. The van der Waals surface area contributed by atoms with Crippen molar-refractivity contribution in [3.05, 3.63) is 64.8 Å². The van der Waals surface area contributed by atoms with Crippen LogP contribution in [0.3, 0.4) is 0 Å². The van der Waals surface area contributed by atoms with Crippen molar-refractivity contribution in [1.82, 2.24) is 10.1 Å².